The molecule has 1 aromatic rings. The van der Waals surface area contributed by atoms with Gasteiger partial charge in [-0.15, -0.1) is 0 Å². The lowest BCUT2D eigenvalue weighted by Gasteiger charge is -2.22. The number of halogens is 2. The topological polar surface area (TPSA) is 12.0 Å². The van der Waals surface area contributed by atoms with Crippen LogP contribution in [-0.2, 0) is 0 Å². The lowest BCUT2D eigenvalue weighted by atomic mass is 9.97. The lowest BCUT2D eigenvalue weighted by Crippen LogP contribution is -2.23. The summed E-state index contributed by atoms with van der Waals surface area (Å²) in [6.45, 7) is 9.99. The quantitative estimate of drug-likeness (QED) is 0.602. The fourth-order valence-corrected chi connectivity index (χ4v) is 3.21. The van der Waals surface area contributed by atoms with E-state index >= 15 is 0 Å². The first-order valence-corrected chi connectivity index (χ1v) is 8.73. The Hall–Kier alpha value is 0.140. The molecule has 19 heavy (non-hydrogen) atoms. The second-order valence-corrected chi connectivity index (χ2v) is 7.31. The van der Waals surface area contributed by atoms with Gasteiger partial charge >= 0.3 is 0 Å². The Labute approximate surface area is 134 Å². The van der Waals surface area contributed by atoms with Crippen molar-refractivity contribution in [1.29, 1.82) is 0 Å². The van der Waals surface area contributed by atoms with E-state index in [1.807, 2.05) is 0 Å². The first-order chi connectivity index (χ1) is 8.95. The predicted molar refractivity (Wildman–Crippen MR) is 91.7 cm³/mol. The Kier molecular flexibility index (Phi) is 7.63. The van der Waals surface area contributed by atoms with Crippen LogP contribution in [0.5, 0.6) is 0 Å². The molecule has 0 aromatic heterocycles. The van der Waals surface area contributed by atoms with Crippen LogP contribution in [0.2, 0.25) is 0 Å². The Morgan fingerprint density at radius 2 is 1.79 bits per heavy atom. The molecule has 0 aliphatic heterocycles. The van der Waals surface area contributed by atoms with Crippen LogP contribution in [0, 0.1) is 12.8 Å². The van der Waals surface area contributed by atoms with Crippen molar-refractivity contribution in [2.75, 3.05) is 6.54 Å². The highest BCUT2D eigenvalue weighted by Gasteiger charge is 2.15. The molecule has 0 fully saturated rings. The van der Waals surface area contributed by atoms with Crippen molar-refractivity contribution >= 4 is 31.9 Å². The molecule has 0 aliphatic carbocycles. The van der Waals surface area contributed by atoms with Gasteiger partial charge in [-0.05, 0) is 61.9 Å². The maximum Gasteiger partial charge on any atom is 0.0331 e. The van der Waals surface area contributed by atoms with Crippen molar-refractivity contribution in [1.82, 2.24) is 5.32 Å². The van der Waals surface area contributed by atoms with Gasteiger partial charge < -0.3 is 5.32 Å². The zero-order chi connectivity index (χ0) is 14.4. The number of hydrogen-bond donors (Lipinski definition) is 1. The molecule has 0 amide bonds. The van der Waals surface area contributed by atoms with Gasteiger partial charge in [0.2, 0.25) is 0 Å². The molecule has 0 aliphatic rings. The molecule has 1 aromatic carbocycles. The highest BCUT2D eigenvalue weighted by molar-refractivity contribution is 9.11. The largest absolute Gasteiger partial charge is 0.310 e. The van der Waals surface area contributed by atoms with E-state index in [9.17, 15) is 0 Å². The van der Waals surface area contributed by atoms with E-state index in [1.165, 1.54) is 39.3 Å². The Morgan fingerprint density at radius 1 is 1.11 bits per heavy atom. The van der Waals surface area contributed by atoms with Gasteiger partial charge in [0.05, 0.1) is 0 Å². The molecule has 0 saturated carbocycles. The molecule has 0 bridgehead atoms. The molecular formula is C16H25Br2N. The number of benzene rings is 1. The van der Waals surface area contributed by atoms with Gasteiger partial charge in [-0.25, -0.2) is 0 Å². The number of aryl methyl sites for hydroxylation is 1. The minimum atomic E-state index is 0.439. The summed E-state index contributed by atoms with van der Waals surface area (Å²) in [5.41, 5.74) is 2.64. The molecule has 0 radical (unpaired) electrons. The summed E-state index contributed by atoms with van der Waals surface area (Å²) in [5.74, 6) is 0.749. The van der Waals surface area contributed by atoms with Crippen molar-refractivity contribution in [3.63, 3.8) is 0 Å². The van der Waals surface area contributed by atoms with Crippen molar-refractivity contribution in [2.24, 2.45) is 5.92 Å². The molecule has 1 unspecified atom stereocenters. The standard InChI is InChI=1S/C16H25Br2N/c1-5-8-19-16(7-6-11(2)3)13-10-14(17)12(4)9-15(13)18/h9-11,16,19H,5-8H2,1-4H3. The Bertz CT molecular complexity index is 402. The number of rotatable bonds is 7. The van der Waals surface area contributed by atoms with E-state index in [-0.39, 0.29) is 0 Å². The molecule has 0 spiro atoms. The van der Waals surface area contributed by atoms with Gasteiger partial charge in [-0.3, -0.25) is 0 Å². The average molecular weight is 391 g/mol. The van der Waals surface area contributed by atoms with Crippen LogP contribution in [0.4, 0.5) is 0 Å². The van der Waals surface area contributed by atoms with E-state index in [0.717, 1.165) is 12.5 Å². The van der Waals surface area contributed by atoms with E-state index in [2.05, 4.69) is 77.0 Å². The number of nitrogens with one attached hydrogen (secondary N) is 1. The first-order valence-electron chi connectivity index (χ1n) is 7.14. The van der Waals surface area contributed by atoms with Gasteiger partial charge in [-0.2, -0.15) is 0 Å². The molecular weight excluding hydrogens is 366 g/mol. The van der Waals surface area contributed by atoms with Crippen molar-refractivity contribution in [3.05, 3.63) is 32.2 Å². The minimum Gasteiger partial charge on any atom is -0.310 e. The first kappa shape index (κ1) is 17.2. The summed E-state index contributed by atoms with van der Waals surface area (Å²) in [7, 11) is 0. The van der Waals surface area contributed by atoms with Crippen molar-refractivity contribution < 1.29 is 0 Å². The summed E-state index contributed by atoms with van der Waals surface area (Å²) >= 11 is 7.37. The van der Waals surface area contributed by atoms with Crippen LogP contribution in [0.15, 0.2) is 21.1 Å². The summed E-state index contributed by atoms with van der Waals surface area (Å²) in [5, 5.41) is 3.68. The third-order valence-electron chi connectivity index (χ3n) is 3.33. The second kappa shape index (κ2) is 8.43. The third kappa shape index (κ3) is 5.57. The van der Waals surface area contributed by atoms with Crippen LogP contribution in [-0.4, -0.2) is 6.54 Å². The molecule has 1 rings (SSSR count). The van der Waals surface area contributed by atoms with E-state index in [4.69, 9.17) is 0 Å². The Balaban J connectivity index is 2.92. The van der Waals surface area contributed by atoms with E-state index in [0.29, 0.717) is 6.04 Å². The van der Waals surface area contributed by atoms with Gasteiger partial charge in [-0.1, -0.05) is 52.6 Å². The van der Waals surface area contributed by atoms with Gasteiger partial charge in [0.1, 0.15) is 0 Å². The van der Waals surface area contributed by atoms with Gasteiger partial charge in [0.25, 0.3) is 0 Å². The maximum atomic E-state index is 3.72. The fourth-order valence-electron chi connectivity index (χ4n) is 2.11. The minimum absolute atomic E-state index is 0.439. The summed E-state index contributed by atoms with van der Waals surface area (Å²) in [6, 6.07) is 4.90. The van der Waals surface area contributed by atoms with Crippen LogP contribution in [0.1, 0.15) is 57.2 Å². The SMILES string of the molecule is CCCNC(CCC(C)C)c1cc(Br)c(C)cc1Br. The summed E-state index contributed by atoms with van der Waals surface area (Å²) in [4.78, 5) is 0. The Morgan fingerprint density at radius 3 is 2.37 bits per heavy atom. The zero-order valence-corrected chi connectivity index (χ0v) is 15.6. The smallest absolute Gasteiger partial charge is 0.0331 e. The molecule has 108 valence electrons. The van der Waals surface area contributed by atoms with E-state index in [1.54, 1.807) is 0 Å². The van der Waals surface area contributed by atoms with Crippen LogP contribution < -0.4 is 5.32 Å². The van der Waals surface area contributed by atoms with Crippen LogP contribution >= 0.6 is 31.9 Å². The predicted octanol–water partition coefficient (Wildman–Crippen LogP) is 6.00. The molecule has 1 atom stereocenters. The lowest BCUT2D eigenvalue weighted by molar-refractivity contribution is 0.439. The summed E-state index contributed by atoms with van der Waals surface area (Å²) in [6.07, 6.45) is 3.61. The third-order valence-corrected chi connectivity index (χ3v) is 4.87. The normalized spacial score (nSPS) is 13.0. The fraction of sp³-hybridized carbons (Fsp3) is 0.625. The zero-order valence-electron chi connectivity index (χ0n) is 12.4. The van der Waals surface area contributed by atoms with Crippen LogP contribution in [0.25, 0.3) is 0 Å². The molecule has 0 heterocycles. The monoisotopic (exact) mass is 389 g/mol. The summed E-state index contributed by atoms with van der Waals surface area (Å²) < 4.78 is 2.41. The molecule has 1 N–H and O–H groups in total. The van der Waals surface area contributed by atoms with Gasteiger partial charge in [0.15, 0.2) is 0 Å². The second-order valence-electron chi connectivity index (χ2n) is 5.60. The average Bonchev–Trinajstić information content (AvgIpc) is 2.34. The van der Waals surface area contributed by atoms with E-state index < -0.39 is 0 Å². The highest BCUT2D eigenvalue weighted by atomic mass is 79.9. The number of hydrogen-bond acceptors (Lipinski definition) is 1. The van der Waals surface area contributed by atoms with Gasteiger partial charge in [0, 0.05) is 15.0 Å². The molecule has 0 saturated heterocycles. The molecule has 1 nitrogen and oxygen atoms in total. The van der Waals surface area contributed by atoms with Crippen LogP contribution in [0.3, 0.4) is 0 Å². The van der Waals surface area contributed by atoms with Crippen molar-refractivity contribution in [3.8, 4) is 0 Å². The molecule has 3 heteroatoms. The maximum absolute atomic E-state index is 3.72. The van der Waals surface area contributed by atoms with Crippen molar-refractivity contribution in [2.45, 2.75) is 53.0 Å². The highest BCUT2D eigenvalue weighted by Crippen LogP contribution is 2.32.